The Morgan fingerprint density at radius 2 is 1.82 bits per heavy atom. The Morgan fingerprint density at radius 1 is 1.11 bits per heavy atom. The maximum atomic E-state index is 12.4. The second-order valence-corrected chi connectivity index (χ2v) is 7.84. The molecular formula is C21H30N2O5. The molecule has 1 aliphatic rings. The number of carbonyl (C=O) groups excluding carboxylic acids is 3. The van der Waals surface area contributed by atoms with Crippen LogP contribution in [-0.4, -0.2) is 61.0 Å². The molecule has 154 valence electrons. The van der Waals surface area contributed by atoms with E-state index in [4.69, 9.17) is 9.47 Å². The second-order valence-electron chi connectivity index (χ2n) is 7.84. The van der Waals surface area contributed by atoms with Gasteiger partial charge in [-0.2, -0.15) is 0 Å². The number of hydrogen-bond donors (Lipinski definition) is 1. The Morgan fingerprint density at radius 3 is 2.50 bits per heavy atom. The largest absolute Gasteiger partial charge is 0.460 e. The summed E-state index contributed by atoms with van der Waals surface area (Å²) in [6.07, 6.45) is 0.474. The Labute approximate surface area is 166 Å². The van der Waals surface area contributed by atoms with Crippen molar-refractivity contribution in [2.75, 3.05) is 38.2 Å². The van der Waals surface area contributed by atoms with Crippen LogP contribution in [0.5, 0.6) is 0 Å². The van der Waals surface area contributed by atoms with Crippen molar-refractivity contribution in [1.29, 1.82) is 0 Å². The number of Topliss-reactive ketones (excluding diaryl/α,β-unsaturated/α-hetero) is 1. The summed E-state index contributed by atoms with van der Waals surface area (Å²) in [6.45, 7) is 9.17. The van der Waals surface area contributed by atoms with E-state index >= 15 is 0 Å². The van der Waals surface area contributed by atoms with Crippen LogP contribution in [-0.2, 0) is 19.1 Å². The average Bonchev–Trinajstić information content (AvgIpc) is 2.64. The second kappa shape index (κ2) is 10.3. The summed E-state index contributed by atoms with van der Waals surface area (Å²) in [7, 11) is 0. The lowest BCUT2D eigenvalue weighted by molar-refractivity contribution is -0.155. The highest BCUT2D eigenvalue weighted by molar-refractivity contribution is 5.98. The number of carbonyl (C=O) groups is 3. The van der Waals surface area contributed by atoms with Crippen LogP contribution in [0.3, 0.4) is 0 Å². The normalized spacial score (nSPS) is 15.1. The fourth-order valence-electron chi connectivity index (χ4n) is 2.83. The Bertz CT molecular complexity index is 690. The average molecular weight is 390 g/mol. The zero-order valence-corrected chi connectivity index (χ0v) is 17.0. The molecule has 1 amide bonds. The van der Waals surface area contributed by atoms with E-state index in [-0.39, 0.29) is 24.5 Å². The van der Waals surface area contributed by atoms with Crippen molar-refractivity contribution in [2.24, 2.45) is 0 Å². The first-order valence-corrected chi connectivity index (χ1v) is 9.68. The molecule has 1 heterocycles. The van der Waals surface area contributed by atoms with Crippen LogP contribution < -0.4 is 5.32 Å². The SMILES string of the molecule is CC(C)(C)OC(=O)CCC(=O)Nc1cccc(C(=O)CCN2CCOCC2)c1. The van der Waals surface area contributed by atoms with Crippen molar-refractivity contribution in [3.05, 3.63) is 29.8 Å². The third-order valence-electron chi connectivity index (χ3n) is 4.20. The minimum atomic E-state index is -0.566. The molecule has 0 aliphatic carbocycles. The summed E-state index contributed by atoms with van der Waals surface area (Å²) < 4.78 is 10.5. The van der Waals surface area contributed by atoms with Gasteiger partial charge >= 0.3 is 5.97 Å². The van der Waals surface area contributed by atoms with Gasteiger partial charge in [0.25, 0.3) is 0 Å². The summed E-state index contributed by atoms with van der Waals surface area (Å²) in [5.41, 5.74) is 0.549. The number of nitrogens with one attached hydrogen (secondary N) is 1. The smallest absolute Gasteiger partial charge is 0.306 e. The third-order valence-corrected chi connectivity index (χ3v) is 4.20. The van der Waals surface area contributed by atoms with Crippen LogP contribution in [0, 0.1) is 0 Å². The number of anilines is 1. The van der Waals surface area contributed by atoms with Crippen molar-refractivity contribution < 1.29 is 23.9 Å². The number of hydrogen-bond acceptors (Lipinski definition) is 6. The van der Waals surface area contributed by atoms with Crippen LogP contribution >= 0.6 is 0 Å². The zero-order valence-electron chi connectivity index (χ0n) is 17.0. The molecule has 0 radical (unpaired) electrons. The topological polar surface area (TPSA) is 84.9 Å². The first-order valence-electron chi connectivity index (χ1n) is 9.68. The molecule has 2 rings (SSSR count). The van der Waals surface area contributed by atoms with Gasteiger partial charge in [0.1, 0.15) is 5.60 Å². The maximum absolute atomic E-state index is 12.4. The lowest BCUT2D eigenvalue weighted by Gasteiger charge is -2.26. The summed E-state index contributed by atoms with van der Waals surface area (Å²) in [5, 5.41) is 2.73. The van der Waals surface area contributed by atoms with Crippen LogP contribution in [0.15, 0.2) is 24.3 Å². The number of amides is 1. The number of nitrogens with zero attached hydrogens (tertiary/aromatic N) is 1. The fraction of sp³-hybridized carbons (Fsp3) is 0.571. The third kappa shape index (κ3) is 8.19. The van der Waals surface area contributed by atoms with Crippen molar-refractivity contribution in [2.45, 2.75) is 45.6 Å². The molecule has 7 nitrogen and oxygen atoms in total. The molecule has 1 aromatic rings. The number of rotatable bonds is 8. The number of ketones is 1. The molecule has 1 aromatic carbocycles. The molecule has 1 N–H and O–H groups in total. The van der Waals surface area contributed by atoms with Crippen LogP contribution in [0.25, 0.3) is 0 Å². The van der Waals surface area contributed by atoms with Gasteiger partial charge in [-0.3, -0.25) is 19.3 Å². The Hall–Kier alpha value is -2.25. The molecular weight excluding hydrogens is 360 g/mol. The van der Waals surface area contributed by atoms with E-state index in [9.17, 15) is 14.4 Å². The molecule has 0 spiro atoms. The summed E-state index contributed by atoms with van der Waals surface area (Å²) in [4.78, 5) is 38.4. The van der Waals surface area contributed by atoms with Gasteiger partial charge in [0.15, 0.2) is 5.78 Å². The van der Waals surface area contributed by atoms with Gasteiger partial charge in [-0.1, -0.05) is 12.1 Å². The maximum Gasteiger partial charge on any atom is 0.306 e. The molecule has 7 heteroatoms. The predicted octanol–water partition coefficient (Wildman–Crippen LogP) is 2.65. The van der Waals surface area contributed by atoms with Crippen LogP contribution in [0.1, 0.15) is 50.4 Å². The van der Waals surface area contributed by atoms with Crippen LogP contribution in [0.4, 0.5) is 5.69 Å². The molecule has 28 heavy (non-hydrogen) atoms. The number of benzene rings is 1. The number of morpholine rings is 1. The standard InChI is InChI=1S/C21H30N2O5/c1-21(2,3)28-20(26)8-7-19(25)22-17-6-4-5-16(15-17)18(24)9-10-23-11-13-27-14-12-23/h4-6,15H,7-14H2,1-3H3,(H,22,25). The molecule has 0 atom stereocenters. The summed E-state index contributed by atoms with van der Waals surface area (Å²) >= 11 is 0. The molecule has 0 unspecified atom stereocenters. The van der Waals surface area contributed by atoms with Gasteiger partial charge in [-0.05, 0) is 32.9 Å². The van der Waals surface area contributed by atoms with Gasteiger partial charge in [0.05, 0.1) is 19.6 Å². The molecule has 0 aromatic heterocycles. The molecule has 1 fully saturated rings. The van der Waals surface area contributed by atoms with E-state index in [0.717, 1.165) is 13.1 Å². The first kappa shape index (κ1) is 22.0. The van der Waals surface area contributed by atoms with E-state index in [0.29, 0.717) is 37.4 Å². The Kier molecular flexibility index (Phi) is 8.14. The van der Waals surface area contributed by atoms with Crippen molar-refractivity contribution >= 4 is 23.3 Å². The predicted molar refractivity (Wildman–Crippen MR) is 106 cm³/mol. The van der Waals surface area contributed by atoms with Gasteiger partial charge in [-0.25, -0.2) is 0 Å². The van der Waals surface area contributed by atoms with E-state index in [1.807, 2.05) is 0 Å². The van der Waals surface area contributed by atoms with E-state index in [1.54, 1.807) is 45.0 Å². The first-order chi connectivity index (χ1) is 13.2. The van der Waals surface area contributed by atoms with Crippen molar-refractivity contribution in [1.82, 2.24) is 4.90 Å². The number of esters is 1. The highest BCUT2D eigenvalue weighted by Crippen LogP contribution is 2.14. The number of ether oxygens (including phenoxy) is 2. The molecule has 0 saturated carbocycles. The van der Waals surface area contributed by atoms with Gasteiger partial charge in [0.2, 0.25) is 5.91 Å². The van der Waals surface area contributed by atoms with Crippen LogP contribution in [0.2, 0.25) is 0 Å². The molecule has 0 bridgehead atoms. The van der Waals surface area contributed by atoms with E-state index in [2.05, 4.69) is 10.2 Å². The van der Waals surface area contributed by atoms with Gasteiger partial charge in [0, 0.05) is 43.7 Å². The van der Waals surface area contributed by atoms with Crippen molar-refractivity contribution in [3.63, 3.8) is 0 Å². The minimum absolute atomic E-state index is 0.0152. The highest BCUT2D eigenvalue weighted by atomic mass is 16.6. The monoisotopic (exact) mass is 390 g/mol. The Balaban J connectivity index is 1.80. The quantitative estimate of drug-likeness (QED) is 0.543. The lowest BCUT2D eigenvalue weighted by Crippen LogP contribution is -2.37. The van der Waals surface area contributed by atoms with E-state index < -0.39 is 11.6 Å². The zero-order chi connectivity index (χ0) is 20.6. The molecule has 1 aliphatic heterocycles. The lowest BCUT2D eigenvalue weighted by atomic mass is 10.1. The van der Waals surface area contributed by atoms with Gasteiger partial charge < -0.3 is 14.8 Å². The summed E-state index contributed by atoms with van der Waals surface area (Å²) in [6, 6.07) is 6.89. The summed E-state index contributed by atoms with van der Waals surface area (Å²) in [5.74, 6) is -0.658. The molecule has 1 saturated heterocycles. The minimum Gasteiger partial charge on any atom is -0.460 e. The van der Waals surface area contributed by atoms with Crippen molar-refractivity contribution in [3.8, 4) is 0 Å². The van der Waals surface area contributed by atoms with E-state index in [1.165, 1.54) is 0 Å². The van der Waals surface area contributed by atoms with Gasteiger partial charge in [-0.15, -0.1) is 0 Å². The highest BCUT2D eigenvalue weighted by Gasteiger charge is 2.17. The fourth-order valence-corrected chi connectivity index (χ4v) is 2.83.